The van der Waals surface area contributed by atoms with Crippen LogP contribution in [0.1, 0.15) is 44.9 Å². The average molecular weight is 254 g/mol. The molecule has 1 fully saturated rings. The van der Waals surface area contributed by atoms with E-state index in [9.17, 15) is 0 Å². The van der Waals surface area contributed by atoms with Gasteiger partial charge in [0.25, 0.3) is 0 Å². The van der Waals surface area contributed by atoms with Gasteiger partial charge in [0, 0.05) is 5.57 Å². The first-order valence-electron chi connectivity index (χ1n) is 5.18. The molecule has 0 bridgehead atoms. The molecule has 0 saturated heterocycles. The molecule has 0 spiro atoms. The van der Waals surface area contributed by atoms with Crippen molar-refractivity contribution in [2.45, 2.75) is 44.9 Å². The maximum Gasteiger partial charge on any atom is 0.0940 e. The minimum Gasteiger partial charge on any atom is -0.193 e. The van der Waals surface area contributed by atoms with Crippen molar-refractivity contribution in [3.05, 3.63) is 22.2 Å². The predicted octanol–water partition coefficient (Wildman–Crippen LogP) is 4.46. The fourth-order valence-corrected chi connectivity index (χ4v) is 2.34. The zero-order valence-electron chi connectivity index (χ0n) is 8.48. The second-order valence-electron chi connectivity index (χ2n) is 3.78. The van der Waals surface area contributed by atoms with E-state index in [1.807, 2.05) is 0 Å². The van der Waals surface area contributed by atoms with Gasteiger partial charge in [0.1, 0.15) is 0 Å². The van der Waals surface area contributed by atoms with Gasteiger partial charge in [-0.05, 0) is 43.0 Å². The predicted molar refractivity (Wildman–Crippen MR) is 63.0 cm³/mol. The SMILES string of the molecule is C=C(C#N)CCC(Br)=C1CCCCC1. The summed E-state index contributed by atoms with van der Waals surface area (Å²) in [5, 5.41) is 8.58. The van der Waals surface area contributed by atoms with Crippen molar-refractivity contribution in [3.8, 4) is 6.07 Å². The Morgan fingerprint density at radius 1 is 1.29 bits per heavy atom. The van der Waals surface area contributed by atoms with Crippen molar-refractivity contribution in [2.75, 3.05) is 0 Å². The van der Waals surface area contributed by atoms with Gasteiger partial charge in [-0.1, -0.05) is 34.5 Å². The van der Waals surface area contributed by atoms with Crippen LogP contribution in [0, 0.1) is 11.3 Å². The summed E-state index contributed by atoms with van der Waals surface area (Å²) >= 11 is 3.63. The first-order valence-corrected chi connectivity index (χ1v) is 5.97. The normalized spacial score (nSPS) is 16.1. The maximum atomic E-state index is 8.58. The number of hydrogen-bond donors (Lipinski definition) is 0. The Hall–Kier alpha value is -0.550. The molecule has 1 saturated carbocycles. The van der Waals surface area contributed by atoms with Crippen LogP contribution >= 0.6 is 15.9 Å². The Morgan fingerprint density at radius 3 is 2.50 bits per heavy atom. The molecule has 0 heterocycles. The molecule has 1 nitrogen and oxygen atoms in total. The van der Waals surface area contributed by atoms with E-state index in [0.717, 1.165) is 12.8 Å². The van der Waals surface area contributed by atoms with Crippen molar-refractivity contribution in [1.82, 2.24) is 0 Å². The van der Waals surface area contributed by atoms with Crippen LogP contribution in [0.4, 0.5) is 0 Å². The molecule has 0 amide bonds. The molecular weight excluding hydrogens is 238 g/mol. The van der Waals surface area contributed by atoms with Crippen LogP contribution in [0.3, 0.4) is 0 Å². The fraction of sp³-hybridized carbons (Fsp3) is 0.583. The standard InChI is InChI=1S/C12H16BrN/c1-10(9-14)7-8-12(13)11-5-3-2-4-6-11/h1-8H2. The molecule has 76 valence electrons. The number of hydrogen-bond acceptors (Lipinski definition) is 1. The van der Waals surface area contributed by atoms with Crippen LogP contribution in [-0.4, -0.2) is 0 Å². The van der Waals surface area contributed by atoms with Gasteiger partial charge in [-0.3, -0.25) is 0 Å². The molecule has 1 aliphatic carbocycles. The van der Waals surface area contributed by atoms with E-state index in [-0.39, 0.29) is 0 Å². The van der Waals surface area contributed by atoms with Crippen molar-refractivity contribution in [1.29, 1.82) is 5.26 Å². The summed E-state index contributed by atoms with van der Waals surface area (Å²) in [6.07, 6.45) is 8.23. The Bertz CT molecular complexity index is 275. The van der Waals surface area contributed by atoms with Gasteiger partial charge in [-0.15, -0.1) is 0 Å². The lowest BCUT2D eigenvalue weighted by Crippen LogP contribution is -1.96. The Kier molecular flexibility index (Phi) is 4.97. The third-order valence-corrected chi connectivity index (χ3v) is 3.60. The van der Waals surface area contributed by atoms with Crippen LogP contribution in [0.25, 0.3) is 0 Å². The molecule has 0 unspecified atom stereocenters. The summed E-state index contributed by atoms with van der Waals surface area (Å²) in [7, 11) is 0. The van der Waals surface area contributed by atoms with E-state index in [0.29, 0.717) is 5.57 Å². The molecule has 0 aromatic heterocycles. The summed E-state index contributed by atoms with van der Waals surface area (Å²) in [5.41, 5.74) is 2.24. The molecule has 14 heavy (non-hydrogen) atoms. The van der Waals surface area contributed by atoms with Crippen molar-refractivity contribution in [3.63, 3.8) is 0 Å². The lowest BCUT2D eigenvalue weighted by Gasteiger charge is -2.15. The monoisotopic (exact) mass is 253 g/mol. The number of halogens is 1. The van der Waals surface area contributed by atoms with Gasteiger partial charge in [-0.2, -0.15) is 5.26 Å². The summed E-state index contributed by atoms with van der Waals surface area (Å²) in [6.45, 7) is 3.69. The van der Waals surface area contributed by atoms with Crippen molar-refractivity contribution < 1.29 is 0 Å². The Labute approximate surface area is 94.6 Å². The zero-order chi connectivity index (χ0) is 10.4. The number of nitriles is 1. The zero-order valence-corrected chi connectivity index (χ0v) is 10.1. The first-order chi connectivity index (χ1) is 6.74. The highest BCUT2D eigenvalue weighted by Gasteiger charge is 2.09. The van der Waals surface area contributed by atoms with E-state index in [1.54, 1.807) is 5.57 Å². The molecule has 0 aliphatic heterocycles. The first kappa shape index (κ1) is 11.5. The van der Waals surface area contributed by atoms with Gasteiger partial charge >= 0.3 is 0 Å². The van der Waals surface area contributed by atoms with Crippen LogP contribution < -0.4 is 0 Å². The summed E-state index contributed by atoms with van der Waals surface area (Å²) in [4.78, 5) is 0. The molecule has 2 heteroatoms. The van der Waals surface area contributed by atoms with E-state index in [1.165, 1.54) is 36.6 Å². The fourth-order valence-electron chi connectivity index (χ4n) is 1.74. The van der Waals surface area contributed by atoms with Gasteiger partial charge < -0.3 is 0 Å². The smallest absolute Gasteiger partial charge is 0.0940 e. The van der Waals surface area contributed by atoms with Crippen molar-refractivity contribution in [2.24, 2.45) is 0 Å². The molecule has 0 radical (unpaired) electrons. The summed E-state index contributed by atoms with van der Waals surface area (Å²) in [5.74, 6) is 0. The second-order valence-corrected chi connectivity index (χ2v) is 4.74. The Balaban J connectivity index is 2.43. The minimum absolute atomic E-state index is 0.679. The largest absolute Gasteiger partial charge is 0.193 e. The molecule has 0 atom stereocenters. The van der Waals surface area contributed by atoms with E-state index in [2.05, 4.69) is 28.6 Å². The third kappa shape index (κ3) is 3.67. The highest BCUT2D eigenvalue weighted by molar-refractivity contribution is 9.11. The van der Waals surface area contributed by atoms with Gasteiger partial charge in [-0.25, -0.2) is 0 Å². The lowest BCUT2D eigenvalue weighted by atomic mass is 9.93. The third-order valence-electron chi connectivity index (χ3n) is 2.65. The molecule has 0 aromatic carbocycles. The van der Waals surface area contributed by atoms with Gasteiger partial charge in [0.2, 0.25) is 0 Å². The highest BCUT2D eigenvalue weighted by Crippen LogP contribution is 2.31. The van der Waals surface area contributed by atoms with Crippen molar-refractivity contribution >= 4 is 15.9 Å². The highest BCUT2D eigenvalue weighted by atomic mass is 79.9. The molecule has 1 aliphatic rings. The minimum atomic E-state index is 0.679. The molecule has 0 N–H and O–H groups in total. The Morgan fingerprint density at radius 2 is 1.93 bits per heavy atom. The second kappa shape index (κ2) is 6.03. The average Bonchev–Trinajstić information content (AvgIpc) is 2.26. The van der Waals surface area contributed by atoms with Gasteiger partial charge in [0.15, 0.2) is 0 Å². The van der Waals surface area contributed by atoms with Crippen LogP contribution in [0.2, 0.25) is 0 Å². The number of allylic oxidation sites excluding steroid dienone is 3. The van der Waals surface area contributed by atoms with Crippen LogP contribution in [0.15, 0.2) is 22.2 Å². The van der Waals surface area contributed by atoms with E-state index in [4.69, 9.17) is 5.26 Å². The maximum absolute atomic E-state index is 8.58. The lowest BCUT2D eigenvalue weighted by molar-refractivity contribution is 0.595. The van der Waals surface area contributed by atoms with Crippen LogP contribution in [-0.2, 0) is 0 Å². The van der Waals surface area contributed by atoms with E-state index >= 15 is 0 Å². The quantitative estimate of drug-likeness (QED) is 0.682. The molecule has 1 rings (SSSR count). The topological polar surface area (TPSA) is 23.8 Å². The van der Waals surface area contributed by atoms with Crippen LogP contribution in [0.5, 0.6) is 0 Å². The molecule has 0 aromatic rings. The number of nitrogens with zero attached hydrogens (tertiary/aromatic N) is 1. The summed E-state index contributed by atoms with van der Waals surface area (Å²) < 4.78 is 1.31. The van der Waals surface area contributed by atoms with Gasteiger partial charge in [0.05, 0.1) is 6.07 Å². The van der Waals surface area contributed by atoms with E-state index < -0.39 is 0 Å². The number of rotatable bonds is 3. The summed E-state index contributed by atoms with van der Waals surface area (Å²) in [6, 6.07) is 2.09. The molecular formula is C12H16BrN.